The fourth-order valence-corrected chi connectivity index (χ4v) is 2.32. The molecule has 0 spiro atoms. The number of nitrogens with zero attached hydrogens (tertiary/aromatic N) is 1. The highest BCUT2D eigenvalue weighted by atomic mass is 35.5. The van der Waals surface area contributed by atoms with Crippen LogP contribution in [0.3, 0.4) is 0 Å². The van der Waals surface area contributed by atoms with Crippen molar-refractivity contribution < 1.29 is 19.4 Å². The SMILES string of the molecule is COc1cc(OC)c2cc(C(=O)O)n(C)c2c1Cl. The zero-order valence-corrected chi connectivity index (χ0v) is 10.9. The van der Waals surface area contributed by atoms with Crippen molar-refractivity contribution in [2.24, 2.45) is 7.05 Å². The standard InChI is InChI=1S/C12H12ClNO4/c1-14-7(12(15)16)4-6-8(17-2)5-9(18-3)10(13)11(6)14/h4-5H,1-3H3,(H,15,16). The monoisotopic (exact) mass is 269 g/mol. The minimum absolute atomic E-state index is 0.137. The number of ether oxygens (including phenoxy) is 2. The molecule has 0 bridgehead atoms. The number of halogens is 1. The van der Waals surface area contributed by atoms with E-state index in [1.165, 1.54) is 24.9 Å². The molecule has 18 heavy (non-hydrogen) atoms. The molecule has 0 radical (unpaired) electrons. The molecular weight excluding hydrogens is 258 g/mol. The summed E-state index contributed by atoms with van der Waals surface area (Å²) < 4.78 is 11.9. The molecule has 2 aromatic rings. The van der Waals surface area contributed by atoms with Gasteiger partial charge in [0.2, 0.25) is 0 Å². The zero-order chi connectivity index (χ0) is 13.4. The smallest absolute Gasteiger partial charge is 0.352 e. The third kappa shape index (κ3) is 1.67. The normalized spacial score (nSPS) is 10.7. The fraction of sp³-hybridized carbons (Fsp3) is 0.250. The predicted octanol–water partition coefficient (Wildman–Crippen LogP) is 2.55. The van der Waals surface area contributed by atoms with E-state index in [1.54, 1.807) is 13.1 Å². The van der Waals surface area contributed by atoms with E-state index in [0.29, 0.717) is 27.4 Å². The van der Waals surface area contributed by atoms with Crippen LogP contribution in [-0.4, -0.2) is 29.9 Å². The number of carboxylic acid groups (broad SMARTS) is 1. The third-order valence-electron chi connectivity index (χ3n) is 2.84. The van der Waals surface area contributed by atoms with E-state index in [1.807, 2.05) is 0 Å². The van der Waals surface area contributed by atoms with Crippen molar-refractivity contribution in [1.29, 1.82) is 0 Å². The van der Waals surface area contributed by atoms with Gasteiger partial charge in [-0.25, -0.2) is 4.79 Å². The molecule has 0 fully saturated rings. The summed E-state index contributed by atoms with van der Waals surface area (Å²) in [6.45, 7) is 0. The molecule has 1 aromatic heterocycles. The van der Waals surface area contributed by atoms with E-state index in [9.17, 15) is 4.79 Å². The lowest BCUT2D eigenvalue weighted by molar-refractivity contribution is 0.0687. The number of aryl methyl sites for hydroxylation is 1. The summed E-state index contributed by atoms with van der Waals surface area (Å²) in [5.74, 6) is -0.0562. The number of rotatable bonds is 3. The Morgan fingerprint density at radius 1 is 1.28 bits per heavy atom. The first-order valence-electron chi connectivity index (χ1n) is 5.14. The Kier molecular flexibility index (Phi) is 3.09. The second kappa shape index (κ2) is 4.42. The highest BCUT2D eigenvalue weighted by Crippen LogP contribution is 2.40. The second-order valence-electron chi connectivity index (χ2n) is 3.75. The topological polar surface area (TPSA) is 60.7 Å². The minimum Gasteiger partial charge on any atom is -0.496 e. The van der Waals surface area contributed by atoms with Crippen molar-refractivity contribution >= 4 is 28.5 Å². The molecule has 2 rings (SSSR count). The highest BCUT2D eigenvalue weighted by Gasteiger charge is 2.20. The van der Waals surface area contributed by atoms with E-state index >= 15 is 0 Å². The Balaban J connectivity index is 2.91. The molecule has 1 heterocycles. The lowest BCUT2D eigenvalue weighted by Crippen LogP contribution is -2.03. The Morgan fingerprint density at radius 3 is 2.39 bits per heavy atom. The van der Waals surface area contributed by atoms with Crippen LogP contribution in [0.4, 0.5) is 0 Å². The number of fused-ring (bicyclic) bond motifs is 1. The molecule has 6 heteroatoms. The largest absolute Gasteiger partial charge is 0.496 e. The van der Waals surface area contributed by atoms with E-state index < -0.39 is 5.97 Å². The van der Waals surface area contributed by atoms with Crippen LogP contribution in [-0.2, 0) is 7.05 Å². The lowest BCUT2D eigenvalue weighted by Gasteiger charge is -2.09. The summed E-state index contributed by atoms with van der Waals surface area (Å²) in [5.41, 5.74) is 0.712. The minimum atomic E-state index is -1.02. The van der Waals surface area contributed by atoms with E-state index in [4.69, 9.17) is 26.2 Å². The van der Waals surface area contributed by atoms with Gasteiger partial charge in [-0.2, -0.15) is 0 Å². The number of benzene rings is 1. The zero-order valence-electron chi connectivity index (χ0n) is 10.2. The number of aromatic nitrogens is 1. The van der Waals surface area contributed by atoms with Crippen LogP contribution >= 0.6 is 11.6 Å². The summed E-state index contributed by atoms with van der Waals surface area (Å²) in [6, 6.07) is 3.16. The van der Waals surface area contributed by atoms with Crippen LogP contribution in [0.1, 0.15) is 10.5 Å². The van der Waals surface area contributed by atoms with Gasteiger partial charge in [-0.3, -0.25) is 0 Å². The molecule has 0 amide bonds. The van der Waals surface area contributed by atoms with Gasteiger partial charge in [-0.15, -0.1) is 0 Å². The first-order valence-corrected chi connectivity index (χ1v) is 5.52. The number of carbonyl (C=O) groups is 1. The molecule has 0 saturated carbocycles. The van der Waals surface area contributed by atoms with Gasteiger partial charge in [0.1, 0.15) is 22.2 Å². The van der Waals surface area contributed by atoms with Crippen molar-refractivity contribution in [3.05, 3.63) is 22.8 Å². The Morgan fingerprint density at radius 2 is 1.89 bits per heavy atom. The summed E-state index contributed by atoms with van der Waals surface area (Å²) >= 11 is 6.20. The van der Waals surface area contributed by atoms with Crippen molar-refractivity contribution in [1.82, 2.24) is 4.57 Å². The van der Waals surface area contributed by atoms with E-state index in [0.717, 1.165) is 0 Å². The Bertz CT molecular complexity index is 633. The van der Waals surface area contributed by atoms with Gasteiger partial charge < -0.3 is 19.1 Å². The summed E-state index contributed by atoms with van der Waals surface area (Å²) in [5, 5.41) is 10.1. The van der Waals surface area contributed by atoms with Crippen LogP contribution in [0.15, 0.2) is 12.1 Å². The Labute approximate surface area is 108 Å². The predicted molar refractivity (Wildman–Crippen MR) is 68.0 cm³/mol. The molecule has 0 aliphatic heterocycles. The van der Waals surface area contributed by atoms with Crippen LogP contribution in [0, 0.1) is 0 Å². The van der Waals surface area contributed by atoms with Gasteiger partial charge in [0.15, 0.2) is 0 Å². The van der Waals surface area contributed by atoms with Crippen molar-refractivity contribution in [3.8, 4) is 11.5 Å². The number of hydrogen-bond acceptors (Lipinski definition) is 3. The summed E-state index contributed by atoms with van der Waals surface area (Å²) in [6.07, 6.45) is 0. The number of hydrogen-bond donors (Lipinski definition) is 1. The molecule has 0 aliphatic rings. The first kappa shape index (κ1) is 12.6. The molecular formula is C12H12ClNO4. The Hall–Kier alpha value is -1.88. The van der Waals surface area contributed by atoms with Crippen molar-refractivity contribution in [2.75, 3.05) is 14.2 Å². The quantitative estimate of drug-likeness (QED) is 0.930. The van der Waals surface area contributed by atoms with Crippen LogP contribution in [0.25, 0.3) is 10.9 Å². The maximum absolute atomic E-state index is 11.1. The molecule has 0 saturated heterocycles. The first-order chi connectivity index (χ1) is 8.51. The van der Waals surface area contributed by atoms with Gasteiger partial charge in [-0.05, 0) is 6.07 Å². The van der Waals surface area contributed by atoms with Gasteiger partial charge in [0.25, 0.3) is 0 Å². The lowest BCUT2D eigenvalue weighted by atomic mass is 10.2. The molecule has 96 valence electrons. The number of aromatic carboxylic acids is 1. The molecule has 1 N–H and O–H groups in total. The molecule has 0 unspecified atom stereocenters. The van der Waals surface area contributed by atoms with Gasteiger partial charge in [0.05, 0.1) is 19.7 Å². The van der Waals surface area contributed by atoms with Gasteiger partial charge >= 0.3 is 5.97 Å². The van der Waals surface area contributed by atoms with Crippen molar-refractivity contribution in [3.63, 3.8) is 0 Å². The summed E-state index contributed by atoms with van der Waals surface area (Å²) in [7, 11) is 4.64. The maximum Gasteiger partial charge on any atom is 0.352 e. The third-order valence-corrected chi connectivity index (χ3v) is 3.21. The van der Waals surface area contributed by atoms with E-state index in [2.05, 4.69) is 0 Å². The number of methoxy groups -OCH3 is 2. The second-order valence-corrected chi connectivity index (χ2v) is 4.13. The molecule has 1 aromatic carbocycles. The molecule has 0 atom stereocenters. The van der Waals surface area contributed by atoms with Crippen molar-refractivity contribution in [2.45, 2.75) is 0 Å². The maximum atomic E-state index is 11.1. The average Bonchev–Trinajstić information content (AvgIpc) is 2.69. The molecule has 0 aliphatic carbocycles. The highest BCUT2D eigenvalue weighted by molar-refractivity contribution is 6.37. The van der Waals surface area contributed by atoms with Gasteiger partial charge in [0, 0.05) is 18.5 Å². The van der Waals surface area contributed by atoms with Crippen LogP contribution in [0.5, 0.6) is 11.5 Å². The number of carboxylic acids is 1. The van der Waals surface area contributed by atoms with E-state index in [-0.39, 0.29) is 5.69 Å². The van der Waals surface area contributed by atoms with Gasteiger partial charge in [-0.1, -0.05) is 11.6 Å². The van der Waals surface area contributed by atoms with Crippen LogP contribution in [0.2, 0.25) is 5.02 Å². The molecule has 5 nitrogen and oxygen atoms in total. The van der Waals surface area contributed by atoms with Crippen LogP contribution < -0.4 is 9.47 Å². The fourth-order valence-electron chi connectivity index (χ4n) is 1.96. The average molecular weight is 270 g/mol. The summed E-state index contributed by atoms with van der Waals surface area (Å²) in [4.78, 5) is 11.1.